The van der Waals surface area contributed by atoms with Crippen molar-refractivity contribution in [2.45, 2.75) is 19.8 Å². The van der Waals surface area contributed by atoms with E-state index in [1.807, 2.05) is 0 Å². The number of nitrogens with zero attached hydrogens (tertiary/aromatic N) is 2. The molecule has 1 aromatic heterocycles. The van der Waals surface area contributed by atoms with E-state index >= 15 is 0 Å². The first kappa shape index (κ1) is 13.8. The van der Waals surface area contributed by atoms with Crippen LogP contribution in [0.4, 0.5) is 5.82 Å². The van der Waals surface area contributed by atoms with Crippen molar-refractivity contribution in [2.75, 3.05) is 31.9 Å². The lowest BCUT2D eigenvalue weighted by atomic mass is 9.97. The summed E-state index contributed by atoms with van der Waals surface area (Å²) in [7, 11) is 0. The van der Waals surface area contributed by atoms with Crippen LogP contribution in [0.15, 0.2) is 18.3 Å². The van der Waals surface area contributed by atoms with Gasteiger partial charge in [-0.3, -0.25) is 4.79 Å². The molecule has 1 aliphatic rings. The first-order chi connectivity index (χ1) is 9.19. The molecule has 2 heterocycles. The summed E-state index contributed by atoms with van der Waals surface area (Å²) in [5, 5.41) is 2.99. The van der Waals surface area contributed by atoms with E-state index in [0.29, 0.717) is 17.3 Å². The maximum atomic E-state index is 12.0. The van der Waals surface area contributed by atoms with Crippen LogP contribution in [0.5, 0.6) is 0 Å². The van der Waals surface area contributed by atoms with E-state index in [-0.39, 0.29) is 5.91 Å². The number of aromatic nitrogens is 1. The Balaban J connectivity index is 1.78. The first-order valence-electron chi connectivity index (χ1n) is 6.91. The predicted octanol–water partition coefficient (Wildman–Crippen LogP) is 1.13. The summed E-state index contributed by atoms with van der Waals surface area (Å²) in [6.45, 7) is 6.34. The highest BCUT2D eigenvalue weighted by atomic mass is 16.1. The molecular weight excluding hydrogens is 240 g/mol. The van der Waals surface area contributed by atoms with Gasteiger partial charge < -0.3 is 16.0 Å². The van der Waals surface area contributed by atoms with Gasteiger partial charge in [0.2, 0.25) is 0 Å². The molecule has 19 heavy (non-hydrogen) atoms. The van der Waals surface area contributed by atoms with E-state index in [2.05, 4.69) is 22.1 Å². The van der Waals surface area contributed by atoms with Gasteiger partial charge in [0.05, 0.1) is 0 Å². The maximum absolute atomic E-state index is 12.0. The number of nitrogens with one attached hydrogen (secondary N) is 1. The number of likely N-dealkylation sites (tertiary alicyclic amines) is 1. The van der Waals surface area contributed by atoms with Crippen LogP contribution in [0.2, 0.25) is 0 Å². The third-order valence-electron chi connectivity index (χ3n) is 3.75. The number of carbonyl (C=O) groups is 1. The van der Waals surface area contributed by atoms with E-state index in [1.165, 1.54) is 0 Å². The van der Waals surface area contributed by atoms with E-state index in [1.54, 1.807) is 18.3 Å². The monoisotopic (exact) mass is 262 g/mol. The van der Waals surface area contributed by atoms with Crippen molar-refractivity contribution in [3.8, 4) is 0 Å². The van der Waals surface area contributed by atoms with Crippen LogP contribution >= 0.6 is 0 Å². The highest BCUT2D eigenvalue weighted by Crippen LogP contribution is 2.16. The second-order valence-corrected chi connectivity index (χ2v) is 5.06. The van der Waals surface area contributed by atoms with Gasteiger partial charge in [0.15, 0.2) is 0 Å². The number of hydrogen-bond donors (Lipinski definition) is 2. The Kier molecular flexibility index (Phi) is 4.74. The van der Waals surface area contributed by atoms with Crippen molar-refractivity contribution in [3.05, 3.63) is 23.9 Å². The van der Waals surface area contributed by atoms with Gasteiger partial charge in [-0.05, 0) is 50.5 Å². The summed E-state index contributed by atoms with van der Waals surface area (Å²) in [6, 6.07) is 3.29. The van der Waals surface area contributed by atoms with E-state index in [4.69, 9.17) is 5.73 Å². The zero-order chi connectivity index (χ0) is 13.7. The Labute approximate surface area is 114 Å². The van der Waals surface area contributed by atoms with Crippen molar-refractivity contribution in [3.63, 3.8) is 0 Å². The SMILES string of the molecule is CCN1CCC(CNC(=O)c2ccnc(N)c2)CC1. The second-order valence-electron chi connectivity index (χ2n) is 5.06. The molecule has 0 aromatic carbocycles. The fraction of sp³-hybridized carbons (Fsp3) is 0.571. The lowest BCUT2D eigenvalue weighted by Crippen LogP contribution is -2.38. The van der Waals surface area contributed by atoms with E-state index in [9.17, 15) is 4.79 Å². The van der Waals surface area contributed by atoms with Gasteiger partial charge in [-0.15, -0.1) is 0 Å². The van der Waals surface area contributed by atoms with Crippen LogP contribution in [0.1, 0.15) is 30.1 Å². The van der Waals surface area contributed by atoms with Crippen LogP contribution in [0, 0.1) is 5.92 Å². The van der Waals surface area contributed by atoms with Crippen LogP contribution in [-0.4, -0.2) is 42.0 Å². The summed E-state index contributed by atoms with van der Waals surface area (Å²) < 4.78 is 0. The molecule has 0 atom stereocenters. The minimum atomic E-state index is -0.0629. The number of nitrogens with two attached hydrogens (primary N) is 1. The Morgan fingerprint density at radius 3 is 2.89 bits per heavy atom. The topological polar surface area (TPSA) is 71.2 Å². The molecule has 1 saturated heterocycles. The minimum absolute atomic E-state index is 0.0629. The molecule has 0 unspecified atom stereocenters. The molecule has 1 aromatic rings. The average molecular weight is 262 g/mol. The smallest absolute Gasteiger partial charge is 0.251 e. The van der Waals surface area contributed by atoms with Crippen LogP contribution in [0.25, 0.3) is 0 Å². The van der Waals surface area contributed by atoms with Crippen molar-refractivity contribution < 1.29 is 4.79 Å². The molecule has 0 saturated carbocycles. The molecule has 1 fully saturated rings. The molecule has 5 heteroatoms. The number of nitrogen functional groups attached to an aromatic ring is 1. The lowest BCUT2D eigenvalue weighted by molar-refractivity contribution is 0.0937. The zero-order valence-electron chi connectivity index (χ0n) is 11.4. The van der Waals surface area contributed by atoms with E-state index in [0.717, 1.165) is 39.0 Å². The molecule has 0 spiro atoms. The van der Waals surface area contributed by atoms with Gasteiger partial charge >= 0.3 is 0 Å². The summed E-state index contributed by atoms with van der Waals surface area (Å²) in [5.41, 5.74) is 6.15. The number of piperidine rings is 1. The molecule has 104 valence electrons. The summed E-state index contributed by atoms with van der Waals surface area (Å²) in [6.07, 6.45) is 3.88. The van der Waals surface area contributed by atoms with Crippen molar-refractivity contribution in [2.24, 2.45) is 5.92 Å². The number of anilines is 1. The third-order valence-corrected chi connectivity index (χ3v) is 3.75. The van der Waals surface area contributed by atoms with Crippen LogP contribution in [0.3, 0.4) is 0 Å². The number of pyridine rings is 1. The summed E-state index contributed by atoms with van der Waals surface area (Å²) in [4.78, 5) is 18.3. The van der Waals surface area contributed by atoms with Crippen LogP contribution < -0.4 is 11.1 Å². The fourth-order valence-electron chi connectivity index (χ4n) is 2.44. The van der Waals surface area contributed by atoms with E-state index < -0.39 is 0 Å². The Morgan fingerprint density at radius 1 is 1.53 bits per heavy atom. The van der Waals surface area contributed by atoms with Crippen molar-refractivity contribution in [1.29, 1.82) is 0 Å². The molecule has 0 bridgehead atoms. The van der Waals surface area contributed by atoms with Crippen LogP contribution in [-0.2, 0) is 0 Å². The van der Waals surface area contributed by atoms with Gasteiger partial charge in [0.1, 0.15) is 5.82 Å². The average Bonchev–Trinajstić information content (AvgIpc) is 2.45. The molecule has 2 rings (SSSR count). The minimum Gasteiger partial charge on any atom is -0.384 e. The zero-order valence-corrected chi connectivity index (χ0v) is 11.4. The molecule has 5 nitrogen and oxygen atoms in total. The molecular formula is C14H22N4O. The molecule has 1 amide bonds. The Hall–Kier alpha value is -1.62. The quantitative estimate of drug-likeness (QED) is 0.853. The largest absolute Gasteiger partial charge is 0.384 e. The standard InChI is InChI=1S/C14H22N4O/c1-2-18-7-4-11(5-8-18)10-17-14(19)12-3-6-16-13(15)9-12/h3,6,9,11H,2,4-5,7-8,10H2,1H3,(H2,15,16)(H,17,19). The number of rotatable bonds is 4. The first-order valence-corrected chi connectivity index (χ1v) is 6.91. The second kappa shape index (κ2) is 6.52. The normalized spacial score (nSPS) is 17.3. The molecule has 0 aliphatic carbocycles. The fourth-order valence-corrected chi connectivity index (χ4v) is 2.44. The molecule has 3 N–H and O–H groups in total. The summed E-state index contributed by atoms with van der Waals surface area (Å²) in [5.74, 6) is 0.904. The lowest BCUT2D eigenvalue weighted by Gasteiger charge is -2.31. The molecule has 1 aliphatic heterocycles. The van der Waals surface area contributed by atoms with Gasteiger partial charge in [-0.1, -0.05) is 6.92 Å². The number of hydrogen-bond acceptors (Lipinski definition) is 4. The third kappa shape index (κ3) is 3.92. The maximum Gasteiger partial charge on any atom is 0.251 e. The van der Waals surface area contributed by atoms with Gasteiger partial charge in [0, 0.05) is 18.3 Å². The van der Waals surface area contributed by atoms with Crippen molar-refractivity contribution in [1.82, 2.24) is 15.2 Å². The predicted molar refractivity (Wildman–Crippen MR) is 75.8 cm³/mol. The van der Waals surface area contributed by atoms with Gasteiger partial charge in [0.25, 0.3) is 5.91 Å². The highest BCUT2D eigenvalue weighted by Gasteiger charge is 2.18. The van der Waals surface area contributed by atoms with Gasteiger partial charge in [-0.2, -0.15) is 0 Å². The number of carbonyl (C=O) groups excluding carboxylic acids is 1. The van der Waals surface area contributed by atoms with Crippen molar-refractivity contribution >= 4 is 11.7 Å². The van der Waals surface area contributed by atoms with Gasteiger partial charge in [-0.25, -0.2) is 4.98 Å². The number of amides is 1. The highest BCUT2D eigenvalue weighted by molar-refractivity contribution is 5.94. The summed E-state index contributed by atoms with van der Waals surface area (Å²) >= 11 is 0. The Bertz CT molecular complexity index is 427. The Morgan fingerprint density at radius 2 is 2.26 bits per heavy atom. The molecule has 0 radical (unpaired) electrons.